The number of nitrogens with one attached hydrogen (secondary N) is 1. The van der Waals surface area contributed by atoms with Gasteiger partial charge in [-0.3, -0.25) is 9.59 Å². The van der Waals surface area contributed by atoms with Crippen LogP contribution >= 0.6 is 23.4 Å². The van der Waals surface area contributed by atoms with E-state index >= 15 is 0 Å². The fourth-order valence-electron chi connectivity index (χ4n) is 6.20. The molecule has 1 amide bonds. The number of nitrogens with zero attached hydrogens (tertiary/aromatic N) is 8. The summed E-state index contributed by atoms with van der Waals surface area (Å²) >= 11 is 5.54. The number of anilines is 2. The van der Waals surface area contributed by atoms with Gasteiger partial charge in [-0.15, -0.1) is 5.10 Å². The maximum atomic E-state index is 13.9. The predicted molar refractivity (Wildman–Crippen MR) is 199 cm³/mol. The minimum absolute atomic E-state index is 0.0185. The van der Waals surface area contributed by atoms with Gasteiger partial charge in [0.05, 0.1) is 34.2 Å². The van der Waals surface area contributed by atoms with Crippen molar-refractivity contribution in [2.24, 2.45) is 0 Å². The Hall–Kier alpha value is -5.56. The van der Waals surface area contributed by atoms with Crippen LogP contribution in [0.1, 0.15) is 28.8 Å². The Morgan fingerprint density at radius 3 is 2.53 bits per heavy atom. The van der Waals surface area contributed by atoms with Crippen LogP contribution in [-0.4, -0.2) is 103 Å². The minimum Gasteiger partial charge on any atom is -0.504 e. The second kappa shape index (κ2) is 16.4. The highest BCUT2D eigenvalue weighted by Crippen LogP contribution is 2.40. The standard InChI is InChI=1S/C27H28N8O6.C8H7ClF3NS/c1-3-18-21(32-7-9-33(10-8-32)25(38)20-22(37)16(2)28-15-29-20)26(39)35-27(34(18)11-12-36)30-24(31-35)17-5-4-6-19-23(17)41-14-13-40-19;1-13-7-3-2-5(4-6(7)9)14-8(10,11)12/h4-6,12,15,37H,3,7-11,13-14H2,1-2H3;2-4,13H,1H3. The second-order valence-electron chi connectivity index (χ2n) is 12.1. The molecule has 5 heterocycles. The number of amides is 1. The highest BCUT2D eigenvalue weighted by molar-refractivity contribution is 8.00. The summed E-state index contributed by atoms with van der Waals surface area (Å²) in [6.45, 7) is 5.60. The average molecular weight is 802 g/mol. The topological polar surface area (TPSA) is 169 Å². The van der Waals surface area contributed by atoms with Gasteiger partial charge < -0.3 is 39.1 Å². The molecule has 2 aliphatic rings. The molecule has 55 heavy (non-hydrogen) atoms. The monoisotopic (exact) mass is 801 g/mol. The van der Waals surface area contributed by atoms with Crippen LogP contribution < -0.4 is 25.2 Å². The number of para-hydroxylation sites is 1. The number of alkyl halides is 3. The molecule has 2 aliphatic heterocycles. The third-order valence-electron chi connectivity index (χ3n) is 8.76. The first-order valence-electron chi connectivity index (χ1n) is 17.0. The number of benzene rings is 2. The Balaban J connectivity index is 0.000000311. The summed E-state index contributed by atoms with van der Waals surface area (Å²) in [5.41, 5.74) is -2.14. The van der Waals surface area contributed by atoms with Crippen molar-refractivity contribution in [2.75, 3.05) is 56.7 Å². The van der Waals surface area contributed by atoms with E-state index in [0.717, 1.165) is 6.29 Å². The van der Waals surface area contributed by atoms with Crippen LogP contribution in [0.2, 0.25) is 5.02 Å². The van der Waals surface area contributed by atoms with E-state index in [0.29, 0.717) is 85.6 Å². The molecule has 290 valence electrons. The normalized spacial score (nSPS) is 14.0. The van der Waals surface area contributed by atoms with Gasteiger partial charge in [0.1, 0.15) is 31.5 Å². The van der Waals surface area contributed by atoms with E-state index in [2.05, 4.69) is 25.4 Å². The summed E-state index contributed by atoms with van der Waals surface area (Å²) in [5, 5.41) is 17.9. The molecule has 0 atom stereocenters. The van der Waals surface area contributed by atoms with Gasteiger partial charge >= 0.3 is 5.51 Å². The van der Waals surface area contributed by atoms with E-state index in [4.69, 9.17) is 21.1 Å². The maximum Gasteiger partial charge on any atom is 0.446 e. The first-order valence-corrected chi connectivity index (χ1v) is 18.2. The van der Waals surface area contributed by atoms with Crippen molar-refractivity contribution in [1.29, 1.82) is 0 Å². The third kappa shape index (κ3) is 8.26. The van der Waals surface area contributed by atoms with E-state index in [-0.39, 0.29) is 56.8 Å². The van der Waals surface area contributed by atoms with Crippen LogP contribution in [0, 0.1) is 6.92 Å². The van der Waals surface area contributed by atoms with Crippen molar-refractivity contribution in [3.8, 4) is 28.6 Å². The number of ether oxygens (including phenoxy) is 2. The lowest BCUT2D eigenvalue weighted by Gasteiger charge is -2.36. The van der Waals surface area contributed by atoms with Crippen molar-refractivity contribution >= 4 is 52.7 Å². The van der Waals surface area contributed by atoms with Crippen LogP contribution in [-0.2, 0) is 17.8 Å². The van der Waals surface area contributed by atoms with E-state index in [1.165, 1.54) is 29.0 Å². The molecule has 20 heteroatoms. The molecule has 2 N–H and O–H groups in total. The highest BCUT2D eigenvalue weighted by Gasteiger charge is 2.31. The Morgan fingerprint density at radius 1 is 1.11 bits per heavy atom. The summed E-state index contributed by atoms with van der Waals surface area (Å²) in [5.74, 6) is 0.952. The molecular formula is C35H35ClF3N9O6S. The van der Waals surface area contributed by atoms with Crippen molar-refractivity contribution in [3.05, 3.63) is 75.2 Å². The van der Waals surface area contributed by atoms with Crippen molar-refractivity contribution < 1.29 is 37.3 Å². The number of aldehydes is 1. The van der Waals surface area contributed by atoms with Crippen LogP contribution in [0.4, 0.5) is 24.5 Å². The van der Waals surface area contributed by atoms with Crippen LogP contribution in [0.5, 0.6) is 17.2 Å². The number of rotatable bonds is 8. The van der Waals surface area contributed by atoms with Gasteiger partial charge in [-0.25, -0.2) is 9.97 Å². The lowest BCUT2D eigenvalue weighted by Crippen LogP contribution is -2.51. The number of hydrogen-bond acceptors (Lipinski definition) is 13. The molecule has 2 aromatic carbocycles. The number of aromatic nitrogens is 6. The zero-order valence-corrected chi connectivity index (χ0v) is 31.3. The number of thioether (sulfide) groups is 1. The van der Waals surface area contributed by atoms with E-state index in [1.54, 1.807) is 41.6 Å². The molecule has 0 unspecified atom stereocenters. The summed E-state index contributed by atoms with van der Waals surface area (Å²) in [6, 6.07) is 9.56. The fraction of sp³-hybridized carbons (Fsp3) is 0.343. The Labute approximate surface area is 321 Å². The number of carbonyl (C=O) groups excluding carboxylic acids is 2. The Kier molecular flexibility index (Phi) is 11.7. The maximum absolute atomic E-state index is 13.9. The summed E-state index contributed by atoms with van der Waals surface area (Å²) in [4.78, 5) is 54.9. The predicted octanol–water partition coefficient (Wildman–Crippen LogP) is 4.85. The summed E-state index contributed by atoms with van der Waals surface area (Å²) in [6.07, 6.45) is 2.46. The van der Waals surface area contributed by atoms with Crippen LogP contribution in [0.15, 0.2) is 52.4 Å². The number of piperazine rings is 1. The first-order chi connectivity index (χ1) is 26.3. The lowest BCUT2D eigenvalue weighted by atomic mass is 10.1. The van der Waals surface area contributed by atoms with Gasteiger partial charge in [0.25, 0.3) is 11.5 Å². The Bertz CT molecular complexity index is 2300. The van der Waals surface area contributed by atoms with E-state index < -0.39 is 11.4 Å². The molecule has 15 nitrogen and oxygen atoms in total. The zero-order chi connectivity index (χ0) is 39.4. The molecule has 0 radical (unpaired) electrons. The van der Waals surface area contributed by atoms with Crippen LogP contribution in [0.25, 0.3) is 17.2 Å². The highest BCUT2D eigenvalue weighted by atomic mass is 35.5. The van der Waals surface area contributed by atoms with Crippen molar-refractivity contribution in [2.45, 2.75) is 37.2 Å². The van der Waals surface area contributed by atoms with Gasteiger partial charge in [0, 0.05) is 38.1 Å². The number of carbonyl (C=O) groups is 2. The van der Waals surface area contributed by atoms with Crippen molar-refractivity contribution in [1.82, 2.24) is 34.0 Å². The number of aryl methyl sites for hydroxylation is 1. The number of fused-ring (bicyclic) bond motifs is 2. The number of halogens is 4. The first kappa shape index (κ1) is 39.1. The quantitative estimate of drug-likeness (QED) is 0.162. The van der Waals surface area contributed by atoms with Crippen LogP contribution in [0.3, 0.4) is 0 Å². The molecule has 7 rings (SSSR count). The molecule has 0 aliphatic carbocycles. The lowest BCUT2D eigenvalue weighted by molar-refractivity contribution is -0.108. The SMILES string of the molecule is CCc1c(N2CCN(C(=O)c3ncnc(C)c3O)CC2)c(=O)n2nc(-c3cccc4c3OCCO4)nc2n1CC=O.CNc1ccc(SC(F)(F)F)cc1Cl. The summed E-state index contributed by atoms with van der Waals surface area (Å²) < 4.78 is 50.3. The molecule has 5 aromatic rings. The molecule has 3 aromatic heterocycles. The van der Waals surface area contributed by atoms with E-state index in [1.807, 2.05) is 11.8 Å². The zero-order valence-electron chi connectivity index (χ0n) is 29.8. The molecule has 0 saturated carbocycles. The fourth-order valence-corrected chi connectivity index (χ4v) is 7.12. The molecule has 1 fully saturated rings. The molecule has 0 spiro atoms. The number of aromatic hydroxyl groups is 1. The third-order valence-corrected chi connectivity index (χ3v) is 9.79. The van der Waals surface area contributed by atoms with Gasteiger partial charge in [-0.2, -0.15) is 22.7 Å². The second-order valence-corrected chi connectivity index (χ2v) is 13.6. The number of hydrogen-bond donors (Lipinski definition) is 2. The van der Waals surface area contributed by atoms with Gasteiger partial charge in [0.2, 0.25) is 5.78 Å². The van der Waals surface area contributed by atoms with E-state index in [9.17, 15) is 32.7 Å². The molecule has 0 bridgehead atoms. The van der Waals surface area contributed by atoms with Gasteiger partial charge in [0.15, 0.2) is 28.8 Å². The smallest absolute Gasteiger partial charge is 0.446 e. The average Bonchev–Trinajstić information content (AvgIpc) is 3.62. The van der Waals surface area contributed by atoms with Gasteiger partial charge in [-0.05, 0) is 55.4 Å². The largest absolute Gasteiger partial charge is 0.504 e. The molecule has 1 saturated heterocycles. The summed E-state index contributed by atoms with van der Waals surface area (Å²) in [7, 11) is 1.65. The minimum atomic E-state index is -4.27. The van der Waals surface area contributed by atoms with Gasteiger partial charge in [-0.1, -0.05) is 24.6 Å². The molecular weight excluding hydrogens is 767 g/mol. The van der Waals surface area contributed by atoms with Crippen molar-refractivity contribution in [3.63, 3.8) is 0 Å². The Morgan fingerprint density at radius 2 is 1.85 bits per heavy atom.